The minimum Gasteiger partial charge on any atom is -0.496 e. The van der Waals surface area contributed by atoms with Crippen LogP contribution in [0.5, 0.6) is 5.75 Å². The zero-order valence-electron chi connectivity index (χ0n) is 12.4. The Bertz CT molecular complexity index is 852. The molecule has 22 heavy (non-hydrogen) atoms. The number of hydrogen-bond donors (Lipinski definition) is 1. The molecule has 1 N–H and O–H groups in total. The van der Waals surface area contributed by atoms with Gasteiger partial charge in [-0.15, -0.1) is 0 Å². The number of hydrogen-bond acceptors (Lipinski definition) is 3. The van der Waals surface area contributed by atoms with E-state index in [1.807, 2.05) is 31.3 Å². The predicted molar refractivity (Wildman–Crippen MR) is 85.5 cm³/mol. The second-order valence-corrected chi connectivity index (χ2v) is 5.29. The Morgan fingerprint density at radius 2 is 2.00 bits per heavy atom. The van der Waals surface area contributed by atoms with Crippen LogP contribution in [0.15, 0.2) is 42.6 Å². The predicted octanol–water partition coefficient (Wildman–Crippen LogP) is 3.98. The van der Waals surface area contributed by atoms with E-state index in [4.69, 9.17) is 4.74 Å². The first-order valence-electron chi connectivity index (χ1n) is 6.96. The number of H-pyrrole nitrogens is 1. The molecule has 5 heteroatoms. The van der Waals surface area contributed by atoms with Gasteiger partial charge >= 0.3 is 0 Å². The molecule has 0 aliphatic heterocycles. The lowest BCUT2D eigenvalue weighted by atomic mass is 10.0. The van der Waals surface area contributed by atoms with Crippen LogP contribution in [-0.4, -0.2) is 17.0 Å². The Kier molecular flexibility index (Phi) is 3.55. The lowest BCUT2D eigenvalue weighted by Crippen LogP contribution is -1.94. The van der Waals surface area contributed by atoms with Gasteiger partial charge in [0.25, 0.3) is 5.69 Å². The number of benzene rings is 2. The highest BCUT2D eigenvalue weighted by Gasteiger charge is 2.12. The average molecular weight is 296 g/mol. The fraction of sp³-hybridized carbons (Fsp3) is 0.176. The molecule has 1 heterocycles. The Morgan fingerprint density at radius 3 is 2.73 bits per heavy atom. The molecule has 0 aliphatic carbocycles. The molecular weight excluding hydrogens is 280 g/mol. The summed E-state index contributed by atoms with van der Waals surface area (Å²) in [6.45, 7) is 2.02. The molecule has 2 aromatic carbocycles. The van der Waals surface area contributed by atoms with Crippen LogP contribution in [0.25, 0.3) is 10.9 Å². The molecule has 0 saturated carbocycles. The van der Waals surface area contributed by atoms with Gasteiger partial charge in [0, 0.05) is 35.7 Å². The van der Waals surface area contributed by atoms with E-state index in [0.717, 1.165) is 33.3 Å². The van der Waals surface area contributed by atoms with Crippen molar-refractivity contribution in [3.05, 3.63) is 69.4 Å². The number of nitrogens with one attached hydrogen (secondary N) is 1. The second kappa shape index (κ2) is 5.52. The van der Waals surface area contributed by atoms with Crippen molar-refractivity contribution in [2.45, 2.75) is 13.3 Å². The molecule has 0 spiro atoms. The average Bonchev–Trinajstić information content (AvgIpc) is 2.91. The number of aromatic amines is 1. The number of aromatic nitrogens is 1. The van der Waals surface area contributed by atoms with Crippen LogP contribution in [0.3, 0.4) is 0 Å². The zero-order valence-corrected chi connectivity index (χ0v) is 12.4. The Hall–Kier alpha value is -2.82. The van der Waals surface area contributed by atoms with Crippen LogP contribution in [0, 0.1) is 17.0 Å². The molecular formula is C17H16N2O3. The summed E-state index contributed by atoms with van der Waals surface area (Å²) in [5.74, 6) is 0.833. The van der Waals surface area contributed by atoms with Gasteiger partial charge in [0.2, 0.25) is 0 Å². The lowest BCUT2D eigenvalue weighted by molar-refractivity contribution is -0.384. The van der Waals surface area contributed by atoms with Crippen LogP contribution < -0.4 is 4.74 Å². The van der Waals surface area contributed by atoms with Gasteiger partial charge in [0.1, 0.15) is 5.75 Å². The van der Waals surface area contributed by atoms with Crippen molar-refractivity contribution in [1.82, 2.24) is 4.98 Å². The van der Waals surface area contributed by atoms with Gasteiger partial charge in [-0.1, -0.05) is 12.1 Å². The van der Waals surface area contributed by atoms with Gasteiger partial charge in [-0.05, 0) is 35.7 Å². The number of non-ortho nitro benzene ring substituents is 1. The number of nitro benzene ring substituents is 1. The van der Waals surface area contributed by atoms with Crippen LogP contribution in [-0.2, 0) is 6.42 Å². The Labute approximate surface area is 127 Å². The van der Waals surface area contributed by atoms with Crippen LogP contribution in [0.1, 0.15) is 16.7 Å². The van der Waals surface area contributed by atoms with Crippen LogP contribution in [0.2, 0.25) is 0 Å². The molecule has 5 nitrogen and oxygen atoms in total. The number of fused-ring (bicyclic) bond motifs is 1. The first kappa shape index (κ1) is 14.1. The third-order valence-corrected chi connectivity index (χ3v) is 3.79. The van der Waals surface area contributed by atoms with E-state index < -0.39 is 0 Å². The van der Waals surface area contributed by atoms with E-state index >= 15 is 0 Å². The molecule has 0 radical (unpaired) electrons. The molecule has 0 unspecified atom stereocenters. The first-order valence-corrected chi connectivity index (χ1v) is 6.96. The van der Waals surface area contributed by atoms with E-state index in [0.29, 0.717) is 6.42 Å². The van der Waals surface area contributed by atoms with Gasteiger partial charge in [0.15, 0.2) is 0 Å². The topological polar surface area (TPSA) is 68.2 Å². The molecule has 0 aliphatic rings. The van der Waals surface area contributed by atoms with Crippen molar-refractivity contribution >= 4 is 16.6 Å². The van der Waals surface area contributed by atoms with Crippen molar-refractivity contribution in [1.29, 1.82) is 0 Å². The van der Waals surface area contributed by atoms with E-state index in [2.05, 4.69) is 4.98 Å². The zero-order chi connectivity index (χ0) is 15.7. The summed E-state index contributed by atoms with van der Waals surface area (Å²) >= 11 is 0. The molecule has 3 rings (SSSR count). The summed E-state index contributed by atoms with van der Waals surface area (Å²) in [4.78, 5) is 13.7. The Balaban J connectivity index is 2.04. The molecule has 0 amide bonds. The lowest BCUT2D eigenvalue weighted by Gasteiger charge is -2.09. The standard InChI is InChI=1S/C17H16N2O3/c1-11-3-4-12(17(7-11)22-2)8-13-10-18-16-6-5-14(19(20)21)9-15(13)16/h3-7,9-10,18H,8H2,1-2H3. The smallest absolute Gasteiger partial charge is 0.270 e. The highest BCUT2D eigenvalue weighted by atomic mass is 16.6. The van der Waals surface area contributed by atoms with Gasteiger partial charge in [-0.3, -0.25) is 10.1 Å². The quantitative estimate of drug-likeness (QED) is 0.584. The van der Waals surface area contributed by atoms with Gasteiger partial charge in [-0.25, -0.2) is 0 Å². The van der Waals surface area contributed by atoms with Crippen LogP contribution >= 0.6 is 0 Å². The highest BCUT2D eigenvalue weighted by Crippen LogP contribution is 2.28. The van der Waals surface area contributed by atoms with E-state index in [-0.39, 0.29) is 10.6 Å². The number of ether oxygens (including phenoxy) is 1. The summed E-state index contributed by atoms with van der Waals surface area (Å²) in [5.41, 5.74) is 4.20. The summed E-state index contributed by atoms with van der Waals surface area (Å²) in [5, 5.41) is 11.8. The SMILES string of the molecule is COc1cc(C)ccc1Cc1c[nH]c2ccc([N+](=O)[O-])cc12. The largest absolute Gasteiger partial charge is 0.496 e. The number of nitro groups is 1. The van der Waals surface area contributed by atoms with Crippen molar-refractivity contribution in [3.63, 3.8) is 0 Å². The summed E-state index contributed by atoms with van der Waals surface area (Å²) in [6.07, 6.45) is 2.55. The molecule has 0 bridgehead atoms. The highest BCUT2D eigenvalue weighted by molar-refractivity contribution is 5.85. The molecule has 0 saturated heterocycles. The van der Waals surface area contributed by atoms with Gasteiger partial charge < -0.3 is 9.72 Å². The van der Waals surface area contributed by atoms with Gasteiger partial charge in [-0.2, -0.15) is 0 Å². The number of aryl methyl sites for hydroxylation is 1. The summed E-state index contributed by atoms with van der Waals surface area (Å²) in [6, 6.07) is 10.9. The summed E-state index contributed by atoms with van der Waals surface area (Å²) < 4.78 is 5.43. The second-order valence-electron chi connectivity index (χ2n) is 5.29. The third kappa shape index (κ3) is 2.53. The molecule has 112 valence electrons. The van der Waals surface area contributed by atoms with Crippen molar-refractivity contribution in [2.24, 2.45) is 0 Å². The molecule has 0 atom stereocenters. The monoisotopic (exact) mass is 296 g/mol. The number of nitrogens with zero attached hydrogens (tertiary/aromatic N) is 1. The van der Waals surface area contributed by atoms with Crippen LogP contribution in [0.4, 0.5) is 5.69 Å². The molecule has 3 aromatic rings. The minimum absolute atomic E-state index is 0.101. The van der Waals surface area contributed by atoms with E-state index in [9.17, 15) is 10.1 Å². The maximum absolute atomic E-state index is 10.9. The fourth-order valence-corrected chi connectivity index (χ4v) is 2.63. The van der Waals surface area contributed by atoms with E-state index in [1.165, 1.54) is 6.07 Å². The normalized spacial score (nSPS) is 10.8. The van der Waals surface area contributed by atoms with Gasteiger partial charge in [0.05, 0.1) is 12.0 Å². The van der Waals surface area contributed by atoms with Crippen molar-refractivity contribution in [3.8, 4) is 5.75 Å². The van der Waals surface area contributed by atoms with Crippen molar-refractivity contribution < 1.29 is 9.66 Å². The molecule has 1 aromatic heterocycles. The minimum atomic E-state index is -0.372. The Morgan fingerprint density at radius 1 is 1.18 bits per heavy atom. The third-order valence-electron chi connectivity index (χ3n) is 3.79. The fourth-order valence-electron chi connectivity index (χ4n) is 2.63. The maximum atomic E-state index is 10.9. The van der Waals surface area contributed by atoms with E-state index in [1.54, 1.807) is 19.2 Å². The first-order chi connectivity index (χ1) is 10.6. The van der Waals surface area contributed by atoms with Crippen molar-refractivity contribution in [2.75, 3.05) is 7.11 Å². The summed E-state index contributed by atoms with van der Waals surface area (Å²) in [7, 11) is 1.65. The maximum Gasteiger partial charge on any atom is 0.270 e. The molecule has 0 fully saturated rings. The number of methoxy groups -OCH3 is 1. The number of rotatable bonds is 4.